The lowest BCUT2D eigenvalue weighted by Crippen LogP contribution is -1.87. The fraction of sp³-hybridized carbons (Fsp3) is 0.0769. The van der Waals surface area contributed by atoms with Gasteiger partial charge in [-0.25, -0.2) is 0 Å². The maximum absolute atomic E-state index is 8.65. The van der Waals surface area contributed by atoms with Crippen molar-refractivity contribution < 1.29 is 0 Å². The van der Waals surface area contributed by atoms with Crippen molar-refractivity contribution in [2.45, 2.75) is 6.42 Å². The summed E-state index contributed by atoms with van der Waals surface area (Å²) in [4.78, 5) is 4.10. The molecule has 0 atom stereocenters. The van der Waals surface area contributed by atoms with Crippen LogP contribution < -0.4 is 0 Å². The summed E-state index contributed by atoms with van der Waals surface area (Å²) in [5, 5.41) is 9.83. The maximum Gasteiger partial charge on any atom is 0.0670 e. The van der Waals surface area contributed by atoms with Crippen LogP contribution in [-0.4, -0.2) is 4.98 Å². The van der Waals surface area contributed by atoms with E-state index < -0.39 is 0 Å². The molecule has 0 amide bonds. The number of nitriles is 1. The zero-order valence-electron chi connectivity index (χ0n) is 8.82. The molecule has 1 aromatic heterocycles. The quantitative estimate of drug-likeness (QED) is 0.817. The highest BCUT2D eigenvalue weighted by Gasteiger charge is 2.05. The van der Waals surface area contributed by atoms with E-state index in [9.17, 15) is 0 Å². The number of nitrogens with zero attached hydrogens (tertiary/aromatic N) is 2. The van der Waals surface area contributed by atoms with Gasteiger partial charge in [0.25, 0.3) is 0 Å². The largest absolute Gasteiger partial charge is 0.264 e. The summed E-state index contributed by atoms with van der Waals surface area (Å²) in [5.41, 5.74) is 2.62. The molecule has 0 N–H and O–H groups in total. The lowest BCUT2D eigenvalue weighted by molar-refractivity contribution is 1.19. The van der Waals surface area contributed by atoms with Crippen molar-refractivity contribution in [1.29, 1.82) is 5.26 Å². The van der Waals surface area contributed by atoms with E-state index in [4.69, 9.17) is 28.5 Å². The zero-order chi connectivity index (χ0) is 12.3. The zero-order valence-corrected chi connectivity index (χ0v) is 10.3. The summed E-state index contributed by atoms with van der Waals surface area (Å²) in [5.74, 6) is 0. The van der Waals surface area contributed by atoms with Crippen LogP contribution in [-0.2, 0) is 6.42 Å². The van der Waals surface area contributed by atoms with Gasteiger partial charge in [-0.05, 0) is 23.8 Å². The van der Waals surface area contributed by atoms with Crippen molar-refractivity contribution in [3.8, 4) is 17.2 Å². The average molecular weight is 263 g/mol. The van der Waals surface area contributed by atoms with Gasteiger partial charge in [0.2, 0.25) is 0 Å². The van der Waals surface area contributed by atoms with Crippen LogP contribution in [0.1, 0.15) is 5.56 Å². The molecule has 84 valence electrons. The van der Waals surface area contributed by atoms with Gasteiger partial charge in [-0.15, -0.1) is 0 Å². The molecular formula is C13H8Cl2N2. The molecule has 0 aliphatic heterocycles. The van der Waals surface area contributed by atoms with Crippen molar-refractivity contribution in [2.24, 2.45) is 0 Å². The smallest absolute Gasteiger partial charge is 0.0670 e. The predicted octanol–water partition coefficient (Wildman–Crippen LogP) is 4.12. The minimum absolute atomic E-state index is 0.339. The van der Waals surface area contributed by atoms with Crippen LogP contribution in [0.25, 0.3) is 11.1 Å². The monoisotopic (exact) mass is 262 g/mol. The Morgan fingerprint density at radius 1 is 1.18 bits per heavy atom. The Labute approximate surface area is 109 Å². The molecule has 0 aliphatic carbocycles. The first kappa shape index (κ1) is 11.9. The number of rotatable bonds is 2. The van der Waals surface area contributed by atoms with E-state index >= 15 is 0 Å². The summed E-state index contributed by atoms with van der Waals surface area (Å²) in [6.45, 7) is 0. The number of pyridine rings is 1. The molecule has 0 aliphatic rings. The van der Waals surface area contributed by atoms with Crippen LogP contribution >= 0.6 is 23.2 Å². The first-order chi connectivity index (χ1) is 8.20. The minimum atomic E-state index is 0.339. The predicted molar refractivity (Wildman–Crippen MR) is 69.0 cm³/mol. The molecule has 0 unspecified atom stereocenters. The van der Waals surface area contributed by atoms with E-state index in [2.05, 4.69) is 11.1 Å². The minimum Gasteiger partial charge on any atom is -0.264 e. The molecule has 1 heterocycles. The topological polar surface area (TPSA) is 36.7 Å². The Morgan fingerprint density at radius 2 is 2.00 bits per heavy atom. The third-order valence-electron chi connectivity index (χ3n) is 2.32. The van der Waals surface area contributed by atoms with E-state index in [-0.39, 0.29) is 0 Å². The van der Waals surface area contributed by atoms with Gasteiger partial charge in [-0.2, -0.15) is 5.26 Å². The second-order valence-electron chi connectivity index (χ2n) is 3.54. The summed E-state index contributed by atoms with van der Waals surface area (Å²) < 4.78 is 0. The summed E-state index contributed by atoms with van der Waals surface area (Å²) >= 11 is 12.0. The fourth-order valence-corrected chi connectivity index (χ4v) is 2.06. The van der Waals surface area contributed by atoms with Crippen LogP contribution in [0.2, 0.25) is 10.0 Å². The number of benzene rings is 1. The number of hydrogen-bond donors (Lipinski definition) is 0. The standard InChI is InChI=1S/C13H8Cl2N2/c14-11-1-2-12(13(15)6-11)10-5-9(3-4-16)7-17-8-10/h1-2,5-8H,3H2. The lowest BCUT2D eigenvalue weighted by Gasteiger charge is -2.05. The van der Waals surface area contributed by atoms with Crippen LogP contribution in [0.4, 0.5) is 0 Å². The third-order valence-corrected chi connectivity index (χ3v) is 2.87. The van der Waals surface area contributed by atoms with Gasteiger partial charge < -0.3 is 0 Å². The van der Waals surface area contributed by atoms with Gasteiger partial charge in [0.1, 0.15) is 0 Å². The van der Waals surface area contributed by atoms with Gasteiger partial charge in [0.05, 0.1) is 12.5 Å². The van der Waals surface area contributed by atoms with E-state index in [1.54, 1.807) is 24.5 Å². The summed E-state index contributed by atoms with van der Waals surface area (Å²) in [7, 11) is 0. The highest BCUT2D eigenvalue weighted by Crippen LogP contribution is 2.30. The van der Waals surface area contributed by atoms with E-state index in [1.165, 1.54) is 0 Å². The highest BCUT2D eigenvalue weighted by atomic mass is 35.5. The first-order valence-corrected chi connectivity index (χ1v) is 5.72. The molecule has 0 fully saturated rings. The Kier molecular flexibility index (Phi) is 3.63. The third kappa shape index (κ3) is 2.76. The second-order valence-corrected chi connectivity index (χ2v) is 4.38. The van der Waals surface area contributed by atoms with E-state index in [0.29, 0.717) is 16.5 Å². The highest BCUT2D eigenvalue weighted by molar-refractivity contribution is 6.36. The van der Waals surface area contributed by atoms with Crippen LogP contribution in [0, 0.1) is 11.3 Å². The Hall–Kier alpha value is -1.56. The molecule has 0 bridgehead atoms. The van der Waals surface area contributed by atoms with Crippen LogP contribution in [0.3, 0.4) is 0 Å². The summed E-state index contributed by atoms with van der Waals surface area (Å²) in [6.07, 6.45) is 3.73. The molecule has 17 heavy (non-hydrogen) atoms. The fourth-order valence-electron chi connectivity index (χ4n) is 1.55. The van der Waals surface area contributed by atoms with Gasteiger partial charge >= 0.3 is 0 Å². The average Bonchev–Trinajstić information content (AvgIpc) is 2.29. The molecular weight excluding hydrogens is 255 g/mol. The summed E-state index contributed by atoms with van der Waals surface area (Å²) in [6, 6.07) is 9.31. The van der Waals surface area contributed by atoms with Crippen LogP contribution in [0.15, 0.2) is 36.7 Å². The van der Waals surface area contributed by atoms with Gasteiger partial charge in [0, 0.05) is 33.6 Å². The van der Waals surface area contributed by atoms with Crippen molar-refractivity contribution in [1.82, 2.24) is 4.98 Å². The van der Waals surface area contributed by atoms with Gasteiger partial charge in [-0.1, -0.05) is 29.3 Å². The Morgan fingerprint density at radius 3 is 2.71 bits per heavy atom. The number of hydrogen-bond acceptors (Lipinski definition) is 2. The van der Waals surface area contributed by atoms with Crippen molar-refractivity contribution >= 4 is 23.2 Å². The Balaban J connectivity index is 2.46. The van der Waals surface area contributed by atoms with Crippen molar-refractivity contribution in [3.63, 3.8) is 0 Å². The molecule has 2 nitrogen and oxygen atoms in total. The molecule has 1 aromatic carbocycles. The number of aromatic nitrogens is 1. The first-order valence-electron chi connectivity index (χ1n) is 4.97. The van der Waals surface area contributed by atoms with Crippen molar-refractivity contribution in [2.75, 3.05) is 0 Å². The molecule has 2 aromatic rings. The number of halogens is 2. The van der Waals surface area contributed by atoms with Crippen LogP contribution in [0.5, 0.6) is 0 Å². The van der Waals surface area contributed by atoms with Gasteiger partial charge in [-0.3, -0.25) is 4.98 Å². The lowest BCUT2D eigenvalue weighted by atomic mass is 10.1. The molecule has 0 saturated heterocycles. The molecule has 4 heteroatoms. The van der Waals surface area contributed by atoms with E-state index in [1.807, 2.05) is 12.1 Å². The molecule has 2 rings (SSSR count). The van der Waals surface area contributed by atoms with Gasteiger partial charge in [0.15, 0.2) is 0 Å². The molecule has 0 saturated carbocycles. The normalized spacial score (nSPS) is 9.94. The Bertz CT molecular complexity index is 588. The second kappa shape index (κ2) is 5.18. The SMILES string of the molecule is N#CCc1cncc(-c2ccc(Cl)cc2Cl)c1. The molecule has 0 radical (unpaired) electrons. The maximum atomic E-state index is 8.65. The van der Waals surface area contributed by atoms with E-state index in [0.717, 1.165) is 16.7 Å². The molecule has 0 spiro atoms. The van der Waals surface area contributed by atoms with Crippen molar-refractivity contribution in [3.05, 3.63) is 52.3 Å².